The Bertz CT molecular complexity index is 624. The lowest BCUT2D eigenvalue weighted by Crippen LogP contribution is -2.10. The standard InChI is InChI=1S/C12H11BrCl2N4O/c1-6(2)20-12-18-10(15)17-11(19-12)16-9-4-3-7(13)5-8(9)14/h3-6H,1-2H3,(H,16,17,18,19). The maximum atomic E-state index is 6.12. The molecular weight excluding hydrogens is 367 g/mol. The summed E-state index contributed by atoms with van der Waals surface area (Å²) in [6.07, 6.45) is -0.0578. The molecule has 0 fully saturated rings. The average Bonchev–Trinajstić information content (AvgIpc) is 2.31. The summed E-state index contributed by atoms with van der Waals surface area (Å²) >= 11 is 15.3. The van der Waals surface area contributed by atoms with Crippen LogP contribution in [0.3, 0.4) is 0 Å². The fourth-order valence-corrected chi connectivity index (χ4v) is 2.24. The molecule has 0 aliphatic rings. The molecule has 1 N–H and O–H groups in total. The van der Waals surface area contributed by atoms with E-state index in [1.807, 2.05) is 19.9 Å². The molecule has 0 aliphatic carbocycles. The first-order valence-electron chi connectivity index (χ1n) is 5.74. The summed E-state index contributed by atoms with van der Waals surface area (Å²) in [7, 11) is 0. The topological polar surface area (TPSA) is 59.9 Å². The van der Waals surface area contributed by atoms with Gasteiger partial charge in [0.2, 0.25) is 11.2 Å². The van der Waals surface area contributed by atoms with Crippen LogP contribution in [-0.2, 0) is 0 Å². The Kier molecular flexibility index (Phi) is 5.01. The van der Waals surface area contributed by atoms with Crippen LogP contribution in [0.2, 0.25) is 10.3 Å². The highest BCUT2D eigenvalue weighted by atomic mass is 79.9. The van der Waals surface area contributed by atoms with Gasteiger partial charge in [-0.05, 0) is 43.6 Å². The smallest absolute Gasteiger partial charge is 0.322 e. The molecule has 20 heavy (non-hydrogen) atoms. The van der Waals surface area contributed by atoms with E-state index in [0.717, 1.165) is 4.47 Å². The van der Waals surface area contributed by atoms with Crippen molar-refractivity contribution in [2.45, 2.75) is 20.0 Å². The van der Waals surface area contributed by atoms with Gasteiger partial charge in [0.1, 0.15) is 0 Å². The van der Waals surface area contributed by atoms with E-state index in [0.29, 0.717) is 10.7 Å². The highest BCUT2D eigenvalue weighted by Crippen LogP contribution is 2.28. The third kappa shape index (κ3) is 4.19. The van der Waals surface area contributed by atoms with Crippen molar-refractivity contribution in [3.05, 3.63) is 33.0 Å². The first kappa shape index (κ1) is 15.3. The number of hydrogen-bond donors (Lipinski definition) is 1. The van der Waals surface area contributed by atoms with Crippen LogP contribution < -0.4 is 10.1 Å². The van der Waals surface area contributed by atoms with Crippen molar-refractivity contribution in [3.63, 3.8) is 0 Å². The lowest BCUT2D eigenvalue weighted by atomic mass is 10.3. The minimum Gasteiger partial charge on any atom is -0.461 e. The minimum atomic E-state index is -0.0578. The van der Waals surface area contributed by atoms with E-state index in [1.165, 1.54) is 0 Å². The summed E-state index contributed by atoms with van der Waals surface area (Å²) in [5.41, 5.74) is 0.660. The van der Waals surface area contributed by atoms with Gasteiger partial charge in [0.15, 0.2) is 0 Å². The van der Waals surface area contributed by atoms with Gasteiger partial charge in [-0.15, -0.1) is 0 Å². The summed E-state index contributed by atoms with van der Waals surface area (Å²) in [4.78, 5) is 12.0. The van der Waals surface area contributed by atoms with Crippen molar-refractivity contribution in [2.75, 3.05) is 5.32 Å². The third-order valence-electron chi connectivity index (χ3n) is 2.11. The monoisotopic (exact) mass is 376 g/mol. The highest BCUT2D eigenvalue weighted by Gasteiger charge is 2.09. The number of hydrogen-bond acceptors (Lipinski definition) is 5. The number of nitrogens with zero attached hydrogens (tertiary/aromatic N) is 3. The molecule has 1 heterocycles. The lowest BCUT2D eigenvalue weighted by Gasteiger charge is -2.10. The number of aromatic nitrogens is 3. The predicted octanol–water partition coefficient (Wildman–Crippen LogP) is 4.47. The zero-order valence-corrected chi connectivity index (χ0v) is 13.8. The quantitative estimate of drug-likeness (QED) is 0.851. The molecule has 0 saturated heterocycles. The van der Waals surface area contributed by atoms with E-state index < -0.39 is 0 Å². The van der Waals surface area contributed by atoms with Crippen LogP contribution in [0.25, 0.3) is 0 Å². The molecule has 0 atom stereocenters. The maximum Gasteiger partial charge on any atom is 0.322 e. The van der Waals surface area contributed by atoms with Crippen LogP contribution in [-0.4, -0.2) is 21.1 Å². The second kappa shape index (κ2) is 6.56. The van der Waals surface area contributed by atoms with Gasteiger partial charge in [0.05, 0.1) is 16.8 Å². The van der Waals surface area contributed by atoms with Gasteiger partial charge in [-0.3, -0.25) is 0 Å². The highest BCUT2D eigenvalue weighted by molar-refractivity contribution is 9.10. The van der Waals surface area contributed by atoms with Gasteiger partial charge in [0, 0.05) is 4.47 Å². The van der Waals surface area contributed by atoms with Crippen molar-refractivity contribution < 1.29 is 4.74 Å². The van der Waals surface area contributed by atoms with Crippen molar-refractivity contribution >= 4 is 50.8 Å². The Morgan fingerprint density at radius 3 is 2.60 bits per heavy atom. The molecule has 2 rings (SSSR count). The molecule has 5 nitrogen and oxygen atoms in total. The molecule has 1 aromatic carbocycles. The van der Waals surface area contributed by atoms with E-state index in [-0.39, 0.29) is 23.3 Å². The van der Waals surface area contributed by atoms with Crippen molar-refractivity contribution in [1.82, 2.24) is 15.0 Å². The third-order valence-corrected chi connectivity index (χ3v) is 3.08. The summed E-state index contributed by atoms with van der Waals surface area (Å²) in [6.45, 7) is 3.74. The molecule has 0 amide bonds. The van der Waals surface area contributed by atoms with Crippen LogP contribution in [0.5, 0.6) is 6.01 Å². The van der Waals surface area contributed by atoms with Gasteiger partial charge >= 0.3 is 6.01 Å². The molecule has 2 aromatic rings. The molecule has 0 unspecified atom stereocenters. The van der Waals surface area contributed by atoms with Gasteiger partial charge in [-0.1, -0.05) is 27.5 Å². The zero-order valence-electron chi connectivity index (χ0n) is 10.7. The molecule has 0 bridgehead atoms. The van der Waals surface area contributed by atoms with Gasteiger partial charge < -0.3 is 10.1 Å². The molecule has 1 aromatic heterocycles. The predicted molar refractivity (Wildman–Crippen MR) is 83.0 cm³/mol. The average molecular weight is 378 g/mol. The van der Waals surface area contributed by atoms with Crippen molar-refractivity contribution in [1.29, 1.82) is 0 Å². The largest absolute Gasteiger partial charge is 0.461 e. The molecule has 8 heteroatoms. The Balaban J connectivity index is 2.26. The van der Waals surface area contributed by atoms with Gasteiger partial charge in [0.25, 0.3) is 0 Å². The maximum absolute atomic E-state index is 6.12. The van der Waals surface area contributed by atoms with E-state index >= 15 is 0 Å². The fraction of sp³-hybridized carbons (Fsp3) is 0.250. The number of nitrogens with one attached hydrogen (secondary N) is 1. The van der Waals surface area contributed by atoms with E-state index in [4.69, 9.17) is 27.9 Å². The van der Waals surface area contributed by atoms with Gasteiger partial charge in [-0.2, -0.15) is 15.0 Å². The summed E-state index contributed by atoms with van der Waals surface area (Å²) in [6, 6.07) is 5.57. The van der Waals surface area contributed by atoms with Crippen LogP contribution in [0.15, 0.2) is 22.7 Å². The molecule has 0 radical (unpaired) electrons. The zero-order chi connectivity index (χ0) is 14.7. The number of rotatable bonds is 4. The lowest BCUT2D eigenvalue weighted by molar-refractivity contribution is 0.222. The molecular formula is C12H11BrCl2N4O. The Hall–Kier alpha value is -1.11. The fourth-order valence-electron chi connectivity index (χ4n) is 1.36. The normalized spacial score (nSPS) is 10.7. The SMILES string of the molecule is CC(C)Oc1nc(Cl)nc(Nc2ccc(Br)cc2Cl)n1. The first-order chi connectivity index (χ1) is 9.44. The van der Waals surface area contributed by atoms with Crippen LogP contribution in [0.4, 0.5) is 11.6 Å². The first-order valence-corrected chi connectivity index (χ1v) is 7.29. The summed E-state index contributed by atoms with van der Waals surface area (Å²) < 4.78 is 6.28. The minimum absolute atomic E-state index is 0.0476. The summed E-state index contributed by atoms with van der Waals surface area (Å²) in [5, 5.41) is 3.55. The van der Waals surface area contributed by atoms with Crippen molar-refractivity contribution in [3.8, 4) is 6.01 Å². The molecule has 0 spiro atoms. The van der Waals surface area contributed by atoms with E-state index in [9.17, 15) is 0 Å². The van der Waals surface area contributed by atoms with E-state index in [2.05, 4.69) is 36.2 Å². The Morgan fingerprint density at radius 1 is 1.20 bits per heavy atom. The van der Waals surface area contributed by atoms with Crippen LogP contribution in [0, 0.1) is 0 Å². The van der Waals surface area contributed by atoms with Crippen LogP contribution >= 0.6 is 39.1 Å². The van der Waals surface area contributed by atoms with Gasteiger partial charge in [-0.25, -0.2) is 0 Å². The molecule has 0 aliphatic heterocycles. The second-order valence-corrected chi connectivity index (χ2v) is 5.79. The number of anilines is 2. The number of benzene rings is 1. The van der Waals surface area contributed by atoms with Crippen molar-refractivity contribution in [2.24, 2.45) is 0 Å². The van der Waals surface area contributed by atoms with E-state index in [1.54, 1.807) is 12.1 Å². The molecule has 0 saturated carbocycles. The number of halogens is 3. The number of ether oxygens (including phenoxy) is 1. The van der Waals surface area contributed by atoms with Crippen LogP contribution in [0.1, 0.15) is 13.8 Å². The second-order valence-electron chi connectivity index (χ2n) is 4.13. The Morgan fingerprint density at radius 2 is 1.95 bits per heavy atom. The summed E-state index contributed by atoms with van der Waals surface area (Å²) in [5.74, 6) is 0.268. The molecule has 106 valence electrons. The Labute approximate surface area is 134 Å².